The SMILES string of the molecule is CCCCCCCCC(CCCCCCCC)CCCC(C)CO. The van der Waals surface area contributed by atoms with Crippen molar-refractivity contribution in [2.45, 2.75) is 130 Å². The topological polar surface area (TPSA) is 20.2 Å². The van der Waals surface area contributed by atoms with Gasteiger partial charge in [-0.1, -0.05) is 124 Å². The third kappa shape index (κ3) is 16.8. The van der Waals surface area contributed by atoms with Crippen molar-refractivity contribution in [2.75, 3.05) is 6.61 Å². The Morgan fingerprint density at radius 2 is 0.958 bits per heavy atom. The van der Waals surface area contributed by atoms with E-state index in [2.05, 4.69) is 20.8 Å². The summed E-state index contributed by atoms with van der Waals surface area (Å²) in [7, 11) is 0. The van der Waals surface area contributed by atoms with Crippen LogP contribution < -0.4 is 0 Å². The van der Waals surface area contributed by atoms with Gasteiger partial charge in [-0.05, 0) is 18.3 Å². The number of hydrogen-bond acceptors (Lipinski definition) is 1. The van der Waals surface area contributed by atoms with E-state index in [1.54, 1.807) is 0 Å². The molecular weight excluding hydrogens is 292 g/mol. The van der Waals surface area contributed by atoms with Crippen molar-refractivity contribution >= 4 is 0 Å². The normalized spacial score (nSPS) is 12.9. The first-order chi connectivity index (χ1) is 11.7. The molecule has 0 rings (SSSR count). The molecule has 1 atom stereocenters. The molecule has 0 saturated heterocycles. The minimum Gasteiger partial charge on any atom is -0.396 e. The highest BCUT2D eigenvalue weighted by Crippen LogP contribution is 2.25. The van der Waals surface area contributed by atoms with Gasteiger partial charge in [0.15, 0.2) is 0 Å². The molecule has 0 aliphatic rings. The summed E-state index contributed by atoms with van der Waals surface area (Å²) >= 11 is 0. The van der Waals surface area contributed by atoms with Gasteiger partial charge in [-0.25, -0.2) is 0 Å². The first-order valence-electron chi connectivity index (χ1n) is 11.3. The summed E-state index contributed by atoms with van der Waals surface area (Å²) in [5, 5.41) is 9.19. The minimum atomic E-state index is 0.361. The molecule has 146 valence electrons. The molecular formula is C23H48O. The van der Waals surface area contributed by atoms with Crippen molar-refractivity contribution in [1.29, 1.82) is 0 Å². The molecule has 1 heteroatoms. The second kappa shape index (κ2) is 19.3. The van der Waals surface area contributed by atoms with Crippen molar-refractivity contribution < 1.29 is 5.11 Å². The van der Waals surface area contributed by atoms with E-state index in [-0.39, 0.29) is 0 Å². The van der Waals surface area contributed by atoms with Crippen LogP contribution in [-0.2, 0) is 0 Å². The van der Waals surface area contributed by atoms with Crippen LogP contribution in [0.2, 0.25) is 0 Å². The molecule has 0 aromatic rings. The number of aliphatic hydroxyl groups excluding tert-OH is 1. The van der Waals surface area contributed by atoms with Crippen molar-refractivity contribution in [3.8, 4) is 0 Å². The number of aliphatic hydroxyl groups is 1. The average molecular weight is 341 g/mol. The van der Waals surface area contributed by atoms with E-state index in [1.165, 1.54) is 109 Å². The Hall–Kier alpha value is -0.0400. The van der Waals surface area contributed by atoms with E-state index in [1.807, 2.05) is 0 Å². The zero-order chi connectivity index (χ0) is 17.9. The molecule has 24 heavy (non-hydrogen) atoms. The highest BCUT2D eigenvalue weighted by Gasteiger charge is 2.10. The van der Waals surface area contributed by atoms with Crippen LogP contribution in [0.1, 0.15) is 130 Å². The largest absolute Gasteiger partial charge is 0.396 e. The van der Waals surface area contributed by atoms with Crippen LogP contribution >= 0.6 is 0 Å². The molecule has 0 aliphatic heterocycles. The summed E-state index contributed by atoms with van der Waals surface area (Å²) in [4.78, 5) is 0. The predicted molar refractivity (Wildman–Crippen MR) is 110 cm³/mol. The second-order valence-electron chi connectivity index (χ2n) is 8.20. The standard InChI is InChI=1S/C23H48O/c1-4-6-8-10-12-14-18-23(20-16-17-22(3)21-24)19-15-13-11-9-7-5-2/h22-24H,4-21H2,1-3H3. The Bertz CT molecular complexity index is 210. The maximum absolute atomic E-state index is 9.19. The molecule has 0 amide bonds. The highest BCUT2D eigenvalue weighted by atomic mass is 16.3. The maximum Gasteiger partial charge on any atom is 0.0456 e. The van der Waals surface area contributed by atoms with Gasteiger partial charge in [0.25, 0.3) is 0 Å². The Balaban J connectivity index is 3.82. The monoisotopic (exact) mass is 340 g/mol. The van der Waals surface area contributed by atoms with E-state index in [0.717, 1.165) is 5.92 Å². The number of rotatable bonds is 19. The highest BCUT2D eigenvalue weighted by molar-refractivity contribution is 4.63. The van der Waals surface area contributed by atoms with Gasteiger partial charge in [0.05, 0.1) is 0 Å². The summed E-state index contributed by atoms with van der Waals surface area (Å²) in [5.41, 5.74) is 0. The lowest BCUT2D eigenvalue weighted by Gasteiger charge is -2.18. The van der Waals surface area contributed by atoms with Crippen molar-refractivity contribution in [3.63, 3.8) is 0 Å². The van der Waals surface area contributed by atoms with E-state index in [9.17, 15) is 5.11 Å². The number of hydrogen-bond donors (Lipinski definition) is 1. The number of unbranched alkanes of at least 4 members (excludes halogenated alkanes) is 10. The van der Waals surface area contributed by atoms with Gasteiger partial charge in [0.2, 0.25) is 0 Å². The van der Waals surface area contributed by atoms with Gasteiger partial charge >= 0.3 is 0 Å². The molecule has 0 saturated carbocycles. The molecule has 0 bridgehead atoms. The van der Waals surface area contributed by atoms with E-state index in [0.29, 0.717) is 12.5 Å². The lowest BCUT2D eigenvalue weighted by atomic mass is 9.89. The van der Waals surface area contributed by atoms with E-state index >= 15 is 0 Å². The molecule has 0 aromatic heterocycles. The fourth-order valence-corrected chi connectivity index (χ4v) is 3.71. The van der Waals surface area contributed by atoms with Crippen LogP contribution in [0, 0.1) is 11.8 Å². The molecule has 0 aliphatic carbocycles. The third-order valence-electron chi connectivity index (χ3n) is 5.55. The van der Waals surface area contributed by atoms with E-state index in [4.69, 9.17) is 0 Å². The molecule has 0 aromatic carbocycles. The van der Waals surface area contributed by atoms with Crippen LogP contribution in [0.15, 0.2) is 0 Å². The predicted octanol–water partition coefficient (Wildman–Crippen LogP) is 7.90. The summed E-state index contributed by atoms with van der Waals surface area (Å²) in [6, 6.07) is 0. The van der Waals surface area contributed by atoms with Crippen LogP contribution in [-0.4, -0.2) is 11.7 Å². The molecule has 0 spiro atoms. The van der Waals surface area contributed by atoms with Gasteiger partial charge < -0.3 is 5.11 Å². The Kier molecular flexibility index (Phi) is 19.3. The molecule has 1 N–H and O–H groups in total. The first-order valence-corrected chi connectivity index (χ1v) is 11.3. The smallest absolute Gasteiger partial charge is 0.0456 e. The molecule has 1 nitrogen and oxygen atoms in total. The third-order valence-corrected chi connectivity index (χ3v) is 5.55. The maximum atomic E-state index is 9.19. The second-order valence-corrected chi connectivity index (χ2v) is 8.20. The van der Waals surface area contributed by atoms with Crippen molar-refractivity contribution in [1.82, 2.24) is 0 Å². The van der Waals surface area contributed by atoms with E-state index < -0.39 is 0 Å². The quantitative estimate of drug-likeness (QED) is 0.237. The Morgan fingerprint density at radius 1 is 0.542 bits per heavy atom. The lowest BCUT2D eigenvalue weighted by molar-refractivity contribution is 0.223. The molecule has 0 heterocycles. The van der Waals surface area contributed by atoms with Gasteiger partial charge in [0.1, 0.15) is 0 Å². The molecule has 0 radical (unpaired) electrons. The fourth-order valence-electron chi connectivity index (χ4n) is 3.71. The summed E-state index contributed by atoms with van der Waals surface area (Å²) in [6.45, 7) is 7.13. The molecule has 0 fully saturated rings. The van der Waals surface area contributed by atoms with Crippen LogP contribution in [0.3, 0.4) is 0 Å². The molecule has 1 unspecified atom stereocenters. The van der Waals surface area contributed by atoms with Crippen LogP contribution in [0.4, 0.5) is 0 Å². The van der Waals surface area contributed by atoms with Gasteiger partial charge in [0, 0.05) is 6.61 Å². The Labute approximate surface area is 154 Å². The Morgan fingerprint density at radius 3 is 1.42 bits per heavy atom. The summed E-state index contributed by atoms with van der Waals surface area (Å²) in [6.07, 6.45) is 23.9. The summed E-state index contributed by atoms with van der Waals surface area (Å²) < 4.78 is 0. The first kappa shape index (κ1) is 24.0. The summed E-state index contributed by atoms with van der Waals surface area (Å²) in [5.74, 6) is 1.45. The van der Waals surface area contributed by atoms with Gasteiger partial charge in [-0.3, -0.25) is 0 Å². The van der Waals surface area contributed by atoms with Crippen LogP contribution in [0.25, 0.3) is 0 Å². The zero-order valence-electron chi connectivity index (χ0n) is 17.3. The van der Waals surface area contributed by atoms with Gasteiger partial charge in [-0.2, -0.15) is 0 Å². The van der Waals surface area contributed by atoms with Crippen molar-refractivity contribution in [2.24, 2.45) is 11.8 Å². The fraction of sp³-hybridized carbons (Fsp3) is 1.00. The lowest BCUT2D eigenvalue weighted by Crippen LogP contribution is -2.05. The van der Waals surface area contributed by atoms with Crippen molar-refractivity contribution in [3.05, 3.63) is 0 Å². The average Bonchev–Trinajstić information content (AvgIpc) is 2.60. The van der Waals surface area contributed by atoms with Gasteiger partial charge in [-0.15, -0.1) is 0 Å². The van der Waals surface area contributed by atoms with Crippen LogP contribution in [0.5, 0.6) is 0 Å². The minimum absolute atomic E-state index is 0.361. The zero-order valence-corrected chi connectivity index (χ0v) is 17.3.